The summed E-state index contributed by atoms with van der Waals surface area (Å²) in [5, 5.41) is 2.86. The van der Waals surface area contributed by atoms with Crippen LogP contribution in [0, 0.1) is 20.8 Å². The summed E-state index contributed by atoms with van der Waals surface area (Å²) in [7, 11) is -1.24. The molecule has 1 aromatic carbocycles. The van der Waals surface area contributed by atoms with Crippen LogP contribution in [0.4, 0.5) is 11.6 Å². The van der Waals surface area contributed by atoms with Crippen LogP contribution in [0.15, 0.2) is 24.3 Å². The second-order valence-electron chi connectivity index (χ2n) is 7.12. The molecule has 8 heteroatoms. The predicted octanol–water partition coefficient (Wildman–Crippen LogP) is 2.28. The van der Waals surface area contributed by atoms with Crippen LogP contribution in [0.1, 0.15) is 33.7 Å². The summed E-state index contributed by atoms with van der Waals surface area (Å²) in [4.78, 5) is 23.2. The zero-order valence-corrected chi connectivity index (χ0v) is 16.8. The Morgan fingerprint density at radius 3 is 2.52 bits per heavy atom. The van der Waals surface area contributed by atoms with Gasteiger partial charge in [-0.1, -0.05) is 6.07 Å². The van der Waals surface area contributed by atoms with E-state index in [1.54, 1.807) is 24.9 Å². The van der Waals surface area contributed by atoms with Crippen molar-refractivity contribution in [2.45, 2.75) is 33.2 Å². The van der Waals surface area contributed by atoms with E-state index in [0.717, 1.165) is 11.1 Å². The van der Waals surface area contributed by atoms with Crippen LogP contribution in [0.5, 0.6) is 0 Å². The van der Waals surface area contributed by atoms with Crippen LogP contribution in [0.2, 0.25) is 0 Å². The fraction of sp³-hybridized carbons (Fsp3) is 0.421. The molecule has 1 saturated heterocycles. The monoisotopic (exact) mass is 388 g/mol. The number of anilines is 2. The lowest BCUT2D eigenvalue weighted by atomic mass is 10.1. The number of hydrogen-bond acceptors (Lipinski definition) is 6. The van der Waals surface area contributed by atoms with E-state index in [2.05, 4.69) is 15.3 Å². The molecule has 1 amide bonds. The number of aryl methyl sites for hydroxylation is 3. The van der Waals surface area contributed by atoms with Gasteiger partial charge in [-0.05, 0) is 56.5 Å². The molecule has 1 aromatic heterocycles. The molecule has 27 heavy (non-hydrogen) atoms. The largest absolute Gasteiger partial charge is 0.340 e. The molecular formula is C19H24N4O3S. The molecule has 1 atom stereocenters. The van der Waals surface area contributed by atoms with E-state index in [9.17, 15) is 13.2 Å². The third-order valence-electron chi connectivity index (χ3n) is 4.91. The molecule has 2 heterocycles. The van der Waals surface area contributed by atoms with Crippen molar-refractivity contribution < 1.29 is 13.2 Å². The van der Waals surface area contributed by atoms with Gasteiger partial charge in [0.15, 0.2) is 9.84 Å². The topological polar surface area (TPSA) is 92.3 Å². The first-order valence-corrected chi connectivity index (χ1v) is 10.6. The summed E-state index contributed by atoms with van der Waals surface area (Å²) in [6, 6.07) is 7.17. The third-order valence-corrected chi connectivity index (χ3v) is 6.66. The number of rotatable bonds is 4. The number of benzene rings is 1. The number of hydrogen-bond donors (Lipinski definition) is 1. The van der Waals surface area contributed by atoms with Crippen molar-refractivity contribution in [2.75, 3.05) is 28.8 Å². The van der Waals surface area contributed by atoms with Crippen LogP contribution in [-0.4, -0.2) is 48.9 Å². The molecule has 1 fully saturated rings. The first kappa shape index (κ1) is 19.3. The maximum Gasteiger partial charge on any atom is 0.274 e. The molecule has 0 bridgehead atoms. The van der Waals surface area contributed by atoms with Gasteiger partial charge in [-0.15, -0.1) is 0 Å². The van der Waals surface area contributed by atoms with Gasteiger partial charge in [0, 0.05) is 24.5 Å². The Balaban J connectivity index is 1.82. The zero-order chi connectivity index (χ0) is 19.8. The van der Waals surface area contributed by atoms with Crippen LogP contribution < -0.4 is 10.2 Å². The number of nitrogens with zero attached hydrogens (tertiary/aromatic N) is 3. The molecule has 0 radical (unpaired) electrons. The summed E-state index contributed by atoms with van der Waals surface area (Å²) in [6.45, 7) is 5.79. The van der Waals surface area contributed by atoms with E-state index < -0.39 is 9.84 Å². The van der Waals surface area contributed by atoms with Crippen molar-refractivity contribution in [3.63, 3.8) is 0 Å². The van der Waals surface area contributed by atoms with Crippen molar-refractivity contribution in [2.24, 2.45) is 0 Å². The molecule has 3 rings (SSSR count). The van der Waals surface area contributed by atoms with Crippen LogP contribution in [0.3, 0.4) is 0 Å². The zero-order valence-electron chi connectivity index (χ0n) is 16.0. The Labute approximate surface area is 159 Å². The molecule has 144 valence electrons. The van der Waals surface area contributed by atoms with Gasteiger partial charge < -0.3 is 10.2 Å². The van der Waals surface area contributed by atoms with Gasteiger partial charge in [-0.2, -0.15) is 0 Å². The van der Waals surface area contributed by atoms with Crippen molar-refractivity contribution in [1.82, 2.24) is 9.97 Å². The minimum absolute atomic E-state index is 0.0883. The standard InChI is InChI=1S/C19H24N4O3S/c1-12-5-6-15(9-13(12)2)21-18(24)17-10-14(3)20-19(22-17)23(4)16-7-8-27(25,26)11-16/h5-6,9-10,16H,7-8,11H2,1-4H3,(H,21,24). The summed E-state index contributed by atoms with van der Waals surface area (Å²) in [5.41, 5.74) is 3.85. The highest BCUT2D eigenvalue weighted by molar-refractivity contribution is 7.91. The summed E-state index contributed by atoms with van der Waals surface area (Å²) >= 11 is 0. The van der Waals surface area contributed by atoms with Gasteiger partial charge in [0.2, 0.25) is 5.95 Å². The Hall–Kier alpha value is -2.48. The fourth-order valence-electron chi connectivity index (χ4n) is 3.09. The number of nitrogens with one attached hydrogen (secondary N) is 1. The van der Waals surface area contributed by atoms with Crippen molar-refractivity contribution >= 4 is 27.4 Å². The number of carbonyl (C=O) groups is 1. The van der Waals surface area contributed by atoms with Gasteiger partial charge in [0.05, 0.1) is 11.5 Å². The summed E-state index contributed by atoms with van der Waals surface area (Å²) in [5.74, 6) is 0.304. The molecule has 1 N–H and O–H groups in total. The van der Waals surface area contributed by atoms with Crippen molar-refractivity contribution in [1.29, 1.82) is 0 Å². The third kappa shape index (κ3) is 4.44. The molecule has 0 aliphatic carbocycles. The molecule has 0 saturated carbocycles. The van der Waals surface area contributed by atoms with Gasteiger partial charge in [0.25, 0.3) is 5.91 Å². The maximum atomic E-state index is 12.6. The van der Waals surface area contributed by atoms with E-state index in [4.69, 9.17) is 0 Å². The SMILES string of the molecule is Cc1cc(C(=O)Nc2ccc(C)c(C)c2)nc(N(C)C2CCS(=O)(=O)C2)n1. The average molecular weight is 388 g/mol. The fourth-order valence-corrected chi connectivity index (χ4v) is 4.86. The highest BCUT2D eigenvalue weighted by atomic mass is 32.2. The second-order valence-corrected chi connectivity index (χ2v) is 9.34. The first-order chi connectivity index (χ1) is 12.6. The first-order valence-electron chi connectivity index (χ1n) is 8.82. The predicted molar refractivity (Wildman–Crippen MR) is 106 cm³/mol. The van der Waals surface area contributed by atoms with E-state index in [-0.39, 0.29) is 29.1 Å². The van der Waals surface area contributed by atoms with Crippen LogP contribution >= 0.6 is 0 Å². The van der Waals surface area contributed by atoms with E-state index in [1.165, 1.54) is 0 Å². The quantitative estimate of drug-likeness (QED) is 0.864. The van der Waals surface area contributed by atoms with Crippen molar-refractivity contribution in [3.8, 4) is 0 Å². The second kappa shape index (κ2) is 7.26. The van der Waals surface area contributed by atoms with Gasteiger partial charge in [0.1, 0.15) is 5.69 Å². The summed E-state index contributed by atoms with van der Waals surface area (Å²) < 4.78 is 23.5. The summed E-state index contributed by atoms with van der Waals surface area (Å²) in [6.07, 6.45) is 0.542. The van der Waals surface area contributed by atoms with E-state index in [1.807, 2.05) is 32.0 Å². The smallest absolute Gasteiger partial charge is 0.274 e. The lowest BCUT2D eigenvalue weighted by Crippen LogP contribution is -2.34. The highest BCUT2D eigenvalue weighted by Gasteiger charge is 2.32. The maximum absolute atomic E-state index is 12.6. The molecule has 0 spiro atoms. The minimum Gasteiger partial charge on any atom is -0.340 e. The van der Waals surface area contributed by atoms with Gasteiger partial charge in [-0.25, -0.2) is 18.4 Å². The lowest BCUT2D eigenvalue weighted by Gasteiger charge is -2.23. The Morgan fingerprint density at radius 1 is 1.15 bits per heavy atom. The van der Waals surface area contributed by atoms with E-state index >= 15 is 0 Å². The molecule has 1 aliphatic rings. The van der Waals surface area contributed by atoms with Gasteiger partial charge in [-0.3, -0.25) is 4.79 Å². The average Bonchev–Trinajstić information content (AvgIpc) is 2.97. The molecule has 1 unspecified atom stereocenters. The minimum atomic E-state index is -3.01. The van der Waals surface area contributed by atoms with Gasteiger partial charge >= 0.3 is 0 Å². The lowest BCUT2D eigenvalue weighted by molar-refractivity contribution is 0.102. The number of sulfone groups is 1. The Kier molecular flexibility index (Phi) is 5.19. The Morgan fingerprint density at radius 2 is 1.89 bits per heavy atom. The molecule has 2 aromatic rings. The molecule has 7 nitrogen and oxygen atoms in total. The number of carbonyl (C=O) groups excluding carboxylic acids is 1. The van der Waals surface area contributed by atoms with Crippen molar-refractivity contribution in [3.05, 3.63) is 46.8 Å². The molecule has 1 aliphatic heterocycles. The molecular weight excluding hydrogens is 364 g/mol. The normalized spacial score (nSPS) is 18.3. The van der Waals surface area contributed by atoms with Crippen LogP contribution in [-0.2, 0) is 9.84 Å². The van der Waals surface area contributed by atoms with E-state index in [0.29, 0.717) is 23.8 Å². The highest BCUT2D eigenvalue weighted by Crippen LogP contribution is 2.21. The number of aromatic nitrogens is 2. The Bertz CT molecular complexity index is 988. The number of amides is 1. The van der Waals surface area contributed by atoms with Crippen LogP contribution in [0.25, 0.3) is 0 Å².